The largest absolute Gasteiger partial charge is 0.459 e. The maximum absolute atomic E-state index is 12.7. The molecule has 0 aliphatic rings. The SMILES string of the molecule is C=CC(F)COC(=O)c1ccc(C(F)(F)F)cc1. The van der Waals surface area contributed by atoms with Crippen LogP contribution in [0.5, 0.6) is 0 Å². The van der Waals surface area contributed by atoms with Crippen molar-refractivity contribution in [3.05, 3.63) is 48.0 Å². The number of esters is 1. The summed E-state index contributed by atoms with van der Waals surface area (Å²) >= 11 is 0. The second kappa shape index (κ2) is 5.66. The molecule has 0 aromatic heterocycles. The van der Waals surface area contributed by atoms with E-state index in [0.29, 0.717) is 0 Å². The third kappa shape index (κ3) is 3.87. The highest BCUT2D eigenvalue weighted by Crippen LogP contribution is 2.29. The molecule has 98 valence electrons. The summed E-state index contributed by atoms with van der Waals surface area (Å²) in [7, 11) is 0. The lowest BCUT2D eigenvalue weighted by Gasteiger charge is -2.08. The van der Waals surface area contributed by atoms with Crippen LogP contribution in [0.25, 0.3) is 0 Å². The number of benzene rings is 1. The van der Waals surface area contributed by atoms with Crippen molar-refractivity contribution in [3.63, 3.8) is 0 Å². The number of carbonyl (C=O) groups is 1. The van der Waals surface area contributed by atoms with Crippen molar-refractivity contribution in [1.29, 1.82) is 0 Å². The second-order valence-electron chi connectivity index (χ2n) is 3.43. The van der Waals surface area contributed by atoms with E-state index in [0.717, 1.165) is 30.3 Å². The summed E-state index contributed by atoms with van der Waals surface area (Å²) in [5.41, 5.74) is -0.937. The molecular weight excluding hydrogens is 252 g/mol. The van der Waals surface area contributed by atoms with Gasteiger partial charge in [0.25, 0.3) is 0 Å². The van der Waals surface area contributed by atoms with Gasteiger partial charge in [-0.15, -0.1) is 6.58 Å². The van der Waals surface area contributed by atoms with E-state index in [2.05, 4.69) is 11.3 Å². The molecule has 0 saturated heterocycles. The summed E-state index contributed by atoms with van der Waals surface area (Å²) in [6, 6.07) is 3.48. The van der Waals surface area contributed by atoms with Gasteiger partial charge in [0.2, 0.25) is 0 Å². The summed E-state index contributed by atoms with van der Waals surface area (Å²) < 4.78 is 54.0. The quantitative estimate of drug-likeness (QED) is 0.472. The van der Waals surface area contributed by atoms with Crippen LogP contribution in [0.15, 0.2) is 36.9 Å². The summed E-state index contributed by atoms with van der Waals surface area (Å²) in [5, 5.41) is 0. The van der Waals surface area contributed by atoms with Crippen molar-refractivity contribution < 1.29 is 27.1 Å². The molecule has 2 nitrogen and oxygen atoms in total. The van der Waals surface area contributed by atoms with Crippen LogP contribution in [0.1, 0.15) is 15.9 Å². The first kappa shape index (κ1) is 14.2. The lowest BCUT2D eigenvalue weighted by molar-refractivity contribution is -0.137. The molecule has 0 amide bonds. The van der Waals surface area contributed by atoms with Gasteiger partial charge in [-0.3, -0.25) is 0 Å². The number of alkyl halides is 4. The van der Waals surface area contributed by atoms with E-state index in [-0.39, 0.29) is 5.56 Å². The van der Waals surface area contributed by atoms with E-state index in [1.54, 1.807) is 0 Å². The second-order valence-corrected chi connectivity index (χ2v) is 3.43. The molecule has 0 bridgehead atoms. The van der Waals surface area contributed by atoms with Crippen molar-refractivity contribution >= 4 is 5.97 Å². The van der Waals surface area contributed by atoms with Gasteiger partial charge in [0, 0.05) is 0 Å². The highest BCUT2D eigenvalue weighted by molar-refractivity contribution is 5.89. The molecule has 1 aromatic rings. The van der Waals surface area contributed by atoms with Gasteiger partial charge >= 0.3 is 12.1 Å². The Morgan fingerprint density at radius 2 is 1.89 bits per heavy atom. The van der Waals surface area contributed by atoms with Gasteiger partial charge in [0.1, 0.15) is 6.61 Å². The Labute approximate surface area is 101 Å². The number of halogens is 4. The van der Waals surface area contributed by atoms with E-state index in [1.165, 1.54) is 0 Å². The fourth-order valence-electron chi connectivity index (χ4n) is 1.10. The Balaban J connectivity index is 2.68. The summed E-state index contributed by atoms with van der Waals surface area (Å²) in [6.45, 7) is 2.65. The maximum atomic E-state index is 12.7. The van der Waals surface area contributed by atoms with Crippen LogP contribution in [-0.4, -0.2) is 18.7 Å². The predicted octanol–water partition coefficient (Wildman–Crippen LogP) is 3.39. The number of hydrogen-bond donors (Lipinski definition) is 0. The number of rotatable bonds is 4. The Morgan fingerprint density at radius 1 is 1.33 bits per heavy atom. The Kier molecular flexibility index (Phi) is 4.47. The molecule has 1 rings (SSSR count). The van der Waals surface area contributed by atoms with Crippen molar-refractivity contribution in [2.24, 2.45) is 0 Å². The van der Waals surface area contributed by atoms with Crippen LogP contribution < -0.4 is 0 Å². The molecule has 0 aliphatic heterocycles. The minimum Gasteiger partial charge on any atom is -0.459 e. The fraction of sp³-hybridized carbons (Fsp3) is 0.250. The predicted molar refractivity (Wildman–Crippen MR) is 56.8 cm³/mol. The zero-order valence-electron chi connectivity index (χ0n) is 9.21. The first-order chi connectivity index (χ1) is 8.34. The molecule has 0 aliphatic carbocycles. The topological polar surface area (TPSA) is 26.3 Å². The van der Waals surface area contributed by atoms with Gasteiger partial charge in [0.15, 0.2) is 6.17 Å². The third-order valence-electron chi connectivity index (χ3n) is 2.08. The smallest absolute Gasteiger partial charge is 0.416 e. The summed E-state index contributed by atoms with van der Waals surface area (Å²) in [4.78, 5) is 11.3. The van der Waals surface area contributed by atoms with E-state index >= 15 is 0 Å². The number of ether oxygens (including phenoxy) is 1. The average molecular weight is 262 g/mol. The van der Waals surface area contributed by atoms with Crippen LogP contribution in [0.2, 0.25) is 0 Å². The monoisotopic (exact) mass is 262 g/mol. The molecule has 0 radical (unpaired) electrons. The fourth-order valence-corrected chi connectivity index (χ4v) is 1.10. The van der Waals surface area contributed by atoms with Crippen molar-refractivity contribution in [1.82, 2.24) is 0 Å². The number of carbonyl (C=O) groups excluding carboxylic acids is 1. The van der Waals surface area contributed by atoms with Gasteiger partial charge in [0.05, 0.1) is 11.1 Å². The summed E-state index contributed by atoms with van der Waals surface area (Å²) in [5.74, 6) is -0.881. The molecule has 0 fully saturated rings. The molecule has 0 heterocycles. The molecule has 1 atom stereocenters. The molecule has 6 heteroatoms. The molecule has 0 saturated carbocycles. The molecule has 18 heavy (non-hydrogen) atoms. The van der Waals surface area contributed by atoms with Crippen LogP contribution in [0.4, 0.5) is 17.6 Å². The maximum Gasteiger partial charge on any atom is 0.416 e. The Hall–Kier alpha value is -1.85. The van der Waals surface area contributed by atoms with Gasteiger partial charge < -0.3 is 4.74 Å². The third-order valence-corrected chi connectivity index (χ3v) is 2.08. The van der Waals surface area contributed by atoms with Gasteiger partial charge in [-0.1, -0.05) is 6.08 Å². The zero-order chi connectivity index (χ0) is 13.8. The van der Waals surface area contributed by atoms with E-state index in [4.69, 9.17) is 0 Å². The van der Waals surface area contributed by atoms with E-state index < -0.39 is 30.5 Å². The minimum absolute atomic E-state index is 0.0701. The van der Waals surface area contributed by atoms with Crippen molar-refractivity contribution in [2.75, 3.05) is 6.61 Å². The Morgan fingerprint density at radius 3 is 2.33 bits per heavy atom. The molecule has 1 aromatic carbocycles. The highest BCUT2D eigenvalue weighted by atomic mass is 19.4. The molecular formula is C12H10F4O2. The van der Waals surface area contributed by atoms with Crippen LogP contribution in [0, 0.1) is 0 Å². The first-order valence-corrected chi connectivity index (χ1v) is 4.95. The summed E-state index contributed by atoms with van der Waals surface area (Å²) in [6.07, 6.45) is -5.00. The van der Waals surface area contributed by atoms with Crippen molar-refractivity contribution in [2.45, 2.75) is 12.3 Å². The standard InChI is InChI=1S/C12H10F4O2/c1-2-10(13)7-18-11(17)8-3-5-9(6-4-8)12(14,15)16/h2-6,10H,1,7H2. The van der Waals surface area contributed by atoms with Crippen LogP contribution in [0.3, 0.4) is 0 Å². The van der Waals surface area contributed by atoms with Crippen molar-refractivity contribution in [3.8, 4) is 0 Å². The lowest BCUT2D eigenvalue weighted by atomic mass is 10.1. The molecule has 0 N–H and O–H groups in total. The van der Waals surface area contributed by atoms with Crippen LogP contribution >= 0.6 is 0 Å². The molecule has 0 spiro atoms. The number of hydrogen-bond acceptors (Lipinski definition) is 2. The minimum atomic E-state index is -4.46. The highest BCUT2D eigenvalue weighted by Gasteiger charge is 2.30. The van der Waals surface area contributed by atoms with E-state index in [1.807, 2.05) is 0 Å². The first-order valence-electron chi connectivity index (χ1n) is 4.95. The van der Waals surface area contributed by atoms with Gasteiger partial charge in [-0.05, 0) is 24.3 Å². The normalized spacial score (nSPS) is 12.9. The average Bonchev–Trinajstić information content (AvgIpc) is 2.34. The van der Waals surface area contributed by atoms with Crippen LogP contribution in [-0.2, 0) is 10.9 Å². The lowest BCUT2D eigenvalue weighted by Crippen LogP contribution is -2.13. The van der Waals surface area contributed by atoms with E-state index in [9.17, 15) is 22.4 Å². The molecule has 1 unspecified atom stereocenters. The van der Waals surface area contributed by atoms with Gasteiger partial charge in [-0.2, -0.15) is 13.2 Å². The zero-order valence-corrected chi connectivity index (χ0v) is 9.21. The van der Waals surface area contributed by atoms with Gasteiger partial charge in [-0.25, -0.2) is 9.18 Å². The Bertz CT molecular complexity index is 423.